The van der Waals surface area contributed by atoms with E-state index < -0.39 is 16.1 Å². The second-order valence-corrected chi connectivity index (χ2v) is 10.6. The molecule has 0 saturated carbocycles. The molecule has 10 heteroatoms. The lowest BCUT2D eigenvalue weighted by molar-refractivity contribution is 0.290. The van der Waals surface area contributed by atoms with E-state index in [4.69, 9.17) is 4.74 Å². The second-order valence-electron chi connectivity index (χ2n) is 8.97. The molecule has 0 aliphatic carbocycles. The number of aryl methyl sites for hydroxylation is 1. The van der Waals surface area contributed by atoms with Gasteiger partial charge in [0, 0.05) is 0 Å². The van der Waals surface area contributed by atoms with E-state index in [0.717, 1.165) is 29.4 Å². The first-order valence-corrected chi connectivity index (χ1v) is 13.6. The van der Waals surface area contributed by atoms with Crippen LogP contribution < -0.4 is 9.46 Å². The Morgan fingerprint density at radius 2 is 1.78 bits per heavy atom. The summed E-state index contributed by atoms with van der Waals surface area (Å²) in [5.41, 5.74) is 2.65. The molecule has 2 heterocycles. The number of hydrogen-bond acceptors (Lipinski definition) is 5. The zero-order chi connectivity index (χ0) is 26.0. The van der Waals surface area contributed by atoms with Crippen LogP contribution >= 0.6 is 0 Å². The number of sulfonamides is 1. The average molecular weight is 514 g/mol. The lowest BCUT2D eigenvalue weighted by Crippen LogP contribution is -2.37. The van der Waals surface area contributed by atoms with Gasteiger partial charge in [0.1, 0.15) is 23.1 Å². The molecule has 0 amide bonds. The standard InChI is InChI=1S/C26H32FN5O3S/c1-6-21(7-2)31-19(5)26(18(4)29-31)36(33,34)30-17(3)16-35-25-10-8-9-24-23(25)15-28-32(24)22-13-11-20(27)12-14-22/h8-15,17,21,30H,6-7,16H2,1-5H3/t17-/m0/s1. The van der Waals surface area contributed by atoms with Crippen molar-refractivity contribution in [2.75, 3.05) is 6.61 Å². The van der Waals surface area contributed by atoms with Crippen LogP contribution in [0.15, 0.2) is 53.6 Å². The number of halogens is 1. The van der Waals surface area contributed by atoms with E-state index in [1.165, 1.54) is 12.1 Å². The number of benzene rings is 2. The number of nitrogens with one attached hydrogen (secondary N) is 1. The van der Waals surface area contributed by atoms with Crippen molar-refractivity contribution >= 4 is 20.9 Å². The molecule has 0 aliphatic heterocycles. The minimum Gasteiger partial charge on any atom is -0.491 e. The molecule has 192 valence electrons. The number of nitrogens with zero attached hydrogens (tertiary/aromatic N) is 4. The van der Waals surface area contributed by atoms with Crippen LogP contribution in [0.4, 0.5) is 4.39 Å². The number of aromatic nitrogens is 4. The van der Waals surface area contributed by atoms with E-state index in [-0.39, 0.29) is 23.4 Å². The number of rotatable bonds is 10. The Morgan fingerprint density at radius 1 is 1.08 bits per heavy atom. The average Bonchev–Trinajstić information content (AvgIpc) is 3.40. The quantitative estimate of drug-likeness (QED) is 0.319. The van der Waals surface area contributed by atoms with Crippen LogP contribution in [-0.2, 0) is 10.0 Å². The maximum absolute atomic E-state index is 13.3. The molecule has 1 N–H and O–H groups in total. The molecule has 36 heavy (non-hydrogen) atoms. The number of hydrogen-bond donors (Lipinski definition) is 1. The second kappa shape index (κ2) is 10.4. The maximum Gasteiger partial charge on any atom is 0.244 e. The molecule has 0 spiro atoms. The van der Waals surface area contributed by atoms with Crippen molar-refractivity contribution in [3.05, 3.63) is 65.9 Å². The molecular weight excluding hydrogens is 481 g/mol. The lowest BCUT2D eigenvalue weighted by Gasteiger charge is -2.17. The van der Waals surface area contributed by atoms with Crippen LogP contribution in [0.25, 0.3) is 16.6 Å². The normalized spacial score (nSPS) is 13.0. The van der Waals surface area contributed by atoms with E-state index in [1.54, 1.807) is 43.8 Å². The molecule has 8 nitrogen and oxygen atoms in total. The molecular formula is C26H32FN5O3S. The van der Waals surface area contributed by atoms with Gasteiger partial charge in [-0.3, -0.25) is 4.68 Å². The Morgan fingerprint density at radius 3 is 2.44 bits per heavy atom. The fourth-order valence-corrected chi connectivity index (χ4v) is 6.17. The van der Waals surface area contributed by atoms with Crippen LogP contribution in [-0.4, -0.2) is 40.6 Å². The van der Waals surface area contributed by atoms with Gasteiger partial charge in [0.2, 0.25) is 10.0 Å². The summed E-state index contributed by atoms with van der Waals surface area (Å²) < 4.78 is 52.1. The summed E-state index contributed by atoms with van der Waals surface area (Å²) in [6.07, 6.45) is 3.43. The number of ether oxygens (including phenoxy) is 1. The molecule has 0 radical (unpaired) electrons. The Labute approximate surface area is 211 Å². The number of fused-ring (bicyclic) bond motifs is 1. The molecule has 4 aromatic rings. The van der Waals surface area contributed by atoms with Crippen molar-refractivity contribution in [1.82, 2.24) is 24.3 Å². The van der Waals surface area contributed by atoms with Crippen LogP contribution in [0.2, 0.25) is 0 Å². The summed E-state index contributed by atoms with van der Waals surface area (Å²) in [5.74, 6) is 0.268. The molecule has 0 saturated heterocycles. The van der Waals surface area contributed by atoms with Crippen LogP contribution in [0.5, 0.6) is 5.75 Å². The van der Waals surface area contributed by atoms with E-state index >= 15 is 0 Å². The van der Waals surface area contributed by atoms with Gasteiger partial charge in [-0.1, -0.05) is 19.9 Å². The van der Waals surface area contributed by atoms with Gasteiger partial charge in [-0.25, -0.2) is 22.2 Å². The summed E-state index contributed by atoms with van der Waals surface area (Å²) in [5, 5.41) is 9.72. The van der Waals surface area contributed by atoms with Crippen molar-refractivity contribution in [2.45, 2.75) is 64.4 Å². The largest absolute Gasteiger partial charge is 0.491 e. The molecule has 0 fully saturated rings. The highest BCUT2D eigenvalue weighted by Gasteiger charge is 2.28. The van der Waals surface area contributed by atoms with Crippen molar-refractivity contribution in [3.8, 4) is 11.4 Å². The lowest BCUT2D eigenvalue weighted by atomic mass is 10.2. The third kappa shape index (κ3) is 5.01. The van der Waals surface area contributed by atoms with Crippen molar-refractivity contribution < 1.29 is 17.5 Å². The Balaban J connectivity index is 1.50. The molecule has 2 aromatic carbocycles. The Hall–Kier alpha value is -3.24. The van der Waals surface area contributed by atoms with Gasteiger partial charge in [-0.2, -0.15) is 10.2 Å². The van der Waals surface area contributed by atoms with Crippen molar-refractivity contribution in [1.29, 1.82) is 0 Å². The maximum atomic E-state index is 13.3. The van der Waals surface area contributed by atoms with Crippen LogP contribution in [0.3, 0.4) is 0 Å². The molecule has 1 atom stereocenters. The van der Waals surface area contributed by atoms with Crippen LogP contribution in [0, 0.1) is 19.7 Å². The predicted molar refractivity (Wildman–Crippen MR) is 138 cm³/mol. The molecule has 2 aromatic heterocycles. The third-order valence-electron chi connectivity index (χ3n) is 6.31. The Bertz CT molecular complexity index is 1460. The first kappa shape index (κ1) is 25.8. The highest BCUT2D eigenvalue weighted by Crippen LogP contribution is 2.28. The smallest absolute Gasteiger partial charge is 0.244 e. The highest BCUT2D eigenvalue weighted by atomic mass is 32.2. The molecule has 0 aliphatic rings. The summed E-state index contributed by atoms with van der Waals surface area (Å²) in [7, 11) is -3.79. The molecule has 0 bridgehead atoms. The topological polar surface area (TPSA) is 91.0 Å². The van der Waals surface area contributed by atoms with E-state index in [0.29, 0.717) is 17.1 Å². The Kier molecular flexibility index (Phi) is 7.46. The van der Waals surface area contributed by atoms with Gasteiger partial charge in [0.15, 0.2) is 0 Å². The predicted octanol–water partition coefficient (Wildman–Crippen LogP) is 5.08. The fourth-order valence-electron chi connectivity index (χ4n) is 4.54. The molecule has 4 rings (SSSR count). The monoisotopic (exact) mass is 513 g/mol. The van der Waals surface area contributed by atoms with Crippen molar-refractivity contribution in [2.24, 2.45) is 0 Å². The minimum atomic E-state index is -3.79. The SMILES string of the molecule is CCC(CC)n1nc(C)c(S(=O)(=O)N[C@@H](C)COc2cccc3c2cnn3-c2ccc(F)cc2)c1C. The van der Waals surface area contributed by atoms with Gasteiger partial charge in [0.05, 0.1) is 46.3 Å². The van der Waals surface area contributed by atoms with Crippen LogP contribution in [0.1, 0.15) is 51.0 Å². The zero-order valence-corrected chi connectivity index (χ0v) is 22.0. The van der Waals surface area contributed by atoms with E-state index in [2.05, 4.69) is 28.8 Å². The van der Waals surface area contributed by atoms with Gasteiger partial charge in [-0.15, -0.1) is 0 Å². The van der Waals surface area contributed by atoms with E-state index in [9.17, 15) is 12.8 Å². The highest BCUT2D eigenvalue weighted by molar-refractivity contribution is 7.89. The molecule has 0 unspecified atom stereocenters. The van der Waals surface area contributed by atoms with E-state index in [1.807, 2.05) is 22.9 Å². The van der Waals surface area contributed by atoms with Gasteiger partial charge in [0.25, 0.3) is 0 Å². The van der Waals surface area contributed by atoms with Gasteiger partial charge < -0.3 is 4.74 Å². The van der Waals surface area contributed by atoms with Gasteiger partial charge >= 0.3 is 0 Å². The summed E-state index contributed by atoms with van der Waals surface area (Å²) >= 11 is 0. The zero-order valence-electron chi connectivity index (χ0n) is 21.2. The van der Waals surface area contributed by atoms with Crippen molar-refractivity contribution in [3.63, 3.8) is 0 Å². The summed E-state index contributed by atoms with van der Waals surface area (Å²) in [6.45, 7) is 9.55. The van der Waals surface area contributed by atoms with Gasteiger partial charge in [-0.05, 0) is 70.0 Å². The fraction of sp³-hybridized carbons (Fsp3) is 0.385. The summed E-state index contributed by atoms with van der Waals surface area (Å²) in [4.78, 5) is 0.226. The minimum absolute atomic E-state index is 0.124. The summed E-state index contributed by atoms with van der Waals surface area (Å²) in [6, 6.07) is 11.3. The first-order chi connectivity index (χ1) is 17.2. The first-order valence-electron chi connectivity index (χ1n) is 12.1. The third-order valence-corrected chi connectivity index (χ3v) is 8.15.